The molecule has 0 saturated heterocycles. The number of rotatable bonds is 11. The number of carbonyl (C=O) groups excluding carboxylic acids is 1. The van der Waals surface area contributed by atoms with E-state index in [4.69, 9.17) is 16.7 Å². The molecule has 0 radical (unpaired) electrons. The lowest BCUT2D eigenvalue weighted by Gasteiger charge is -2.22. The van der Waals surface area contributed by atoms with E-state index < -0.39 is 23.6 Å². The van der Waals surface area contributed by atoms with Gasteiger partial charge in [-0.05, 0) is 38.2 Å². The van der Waals surface area contributed by atoms with Crippen LogP contribution in [0.2, 0.25) is 5.02 Å². The number of hydrogen-bond acceptors (Lipinski definition) is 5. The molecule has 0 spiro atoms. The van der Waals surface area contributed by atoms with Crippen LogP contribution < -0.4 is 0 Å². The number of allylic oxidation sites excluding steroid dienone is 2. The molecule has 1 saturated carbocycles. The van der Waals surface area contributed by atoms with E-state index in [1.165, 1.54) is 0 Å². The molecule has 1 aromatic heterocycles. The predicted molar refractivity (Wildman–Crippen MR) is 137 cm³/mol. The van der Waals surface area contributed by atoms with Gasteiger partial charge in [0.05, 0.1) is 22.6 Å². The second kappa shape index (κ2) is 11.6. The zero-order valence-electron chi connectivity index (χ0n) is 19.6. The molecule has 3 rings (SSSR count). The molecule has 1 aliphatic carbocycles. The summed E-state index contributed by atoms with van der Waals surface area (Å²) in [5, 5.41) is 31.9. The highest BCUT2D eigenvalue weighted by molar-refractivity contribution is 7.19. The number of Topliss-reactive ketones (excluding diaryl/α,β-unsaturated/α-hetero) is 1. The molecule has 0 amide bonds. The van der Waals surface area contributed by atoms with Crippen LogP contribution in [0.5, 0.6) is 0 Å². The number of aliphatic hydroxyl groups excluding tert-OH is 2. The van der Waals surface area contributed by atoms with Crippen LogP contribution in [0.1, 0.15) is 50.8 Å². The number of benzene rings is 1. The van der Waals surface area contributed by atoms with Gasteiger partial charge in [-0.25, -0.2) is 0 Å². The summed E-state index contributed by atoms with van der Waals surface area (Å²) in [5.41, 5.74) is -0.855. The molecule has 5 nitrogen and oxygen atoms in total. The lowest BCUT2D eigenvalue weighted by Crippen LogP contribution is -2.31. The van der Waals surface area contributed by atoms with Crippen molar-refractivity contribution in [1.82, 2.24) is 0 Å². The fourth-order valence-electron chi connectivity index (χ4n) is 4.59. The van der Waals surface area contributed by atoms with Gasteiger partial charge in [-0.15, -0.1) is 11.3 Å². The maximum Gasteiger partial charge on any atom is 0.303 e. The Balaban J connectivity index is 1.61. The molecule has 2 aromatic rings. The summed E-state index contributed by atoms with van der Waals surface area (Å²) in [6.45, 7) is 3.52. The summed E-state index contributed by atoms with van der Waals surface area (Å²) < 4.78 is 1.13. The number of carboxylic acid groups (broad SMARTS) is 1. The first-order valence-electron chi connectivity index (χ1n) is 11.7. The number of carboxylic acids is 1. The van der Waals surface area contributed by atoms with Crippen molar-refractivity contribution in [1.29, 1.82) is 0 Å². The molecule has 184 valence electrons. The molecule has 4 atom stereocenters. The summed E-state index contributed by atoms with van der Waals surface area (Å²) in [5.74, 6) is -1.56. The number of fused-ring (bicyclic) bond motifs is 1. The van der Waals surface area contributed by atoms with E-state index >= 15 is 0 Å². The Kier molecular flexibility index (Phi) is 9.10. The van der Waals surface area contributed by atoms with E-state index in [0.717, 1.165) is 20.0 Å². The molecule has 1 aromatic carbocycles. The number of unbranched alkanes of at least 4 members (excludes halogenated alkanes) is 1. The van der Waals surface area contributed by atoms with Gasteiger partial charge in [0.1, 0.15) is 5.78 Å². The van der Waals surface area contributed by atoms with Crippen LogP contribution in [0, 0.1) is 17.3 Å². The number of carbonyl (C=O) groups is 2. The molecular weight excluding hydrogens is 472 g/mol. The van der Waals surface area contributed by atoms with Gasteiger partial charge in [0, 0.05) is 33.2 Å². The van der Waals surface area contributed by atoms with Gasteiger partial charge in [-0.3, -0.25) is 9.59 Å². The number of halogens is 1. The Labute approximate surface area is 209 Å². The van der Waals surface area contributed by atoms with E-state index in [1.54, 1.807) is 37.3 Å². The second-order valence-corrected chi connectivity index (χ2v) is 11.0. The third-order valence-corrected chi connectivity index (χ3v) is 8.46. The monoisotopic (exact) mass is 504 g/mol. The van der Waals surface area contributed by atoms with Gasteiger partial charge >= 0.3 is 5.97 Å². The van der Waals surface area contributed by atoms with Crippen LogP contribution in [0.15, 0.2) is 48.6 Å². The number of ketones is 1. The summed E-state index contributed by atoms with van der Waals surface area (Å²) >= 11 is 8.14. The van der Waals surface area contributed by atoms with Crippen molar-refractivity contribution in [2.24, 2.45) is 17.3 Å². The van der Waals surface area contributed by atoms with E-state index in [9.17, 15) is 19.8 Å². The van der Waals surface area contributed by atoms with Gasteiger partial charge in [0.2, 0.25) is 0 Å². The van der Waals surface area contributed by atoms with E-state index in [0.29, 0.717) is 32.1 Å². The van der Waals surface area contributed by atoms with Gasteiger partial charge in [0.15, 0.2) is 0 Å². The number of thiophene rings is 1. The average Bonchev–Trinajstić information content (AvgIpc) is 3.20. The second-order valence-electron chi connectivity index (χ2n) is 9.53. The SMILES string of the molecule is CC1(C)C(=O)[C@H](C/C=C\CCCC(=O)O)C(/C=C/C(O)CCc2sc3ccccc3c2Cl)[C@@H]1O. The third kappa shape index (κ3) is 6.16. The highest BCUT2D eigenvalue weighted by atomic mass is 35.5. The van der Waals surface area contributed by atoms with Crippen molar-refractivity contribution in [2.75, 3.05) is 0 Å². The highest BCUT2D eigenvalue weighted by Crippen LogP contribution is 2.45. The maximum absolute atomic E-state index is 13.0. The lowest BCUT2D eigenvalue weighted by molar-refractivity contribution is -0.137. The molecule has 2 unspecified atom stereocenters. The van der Waals surface area contributed by atoms with Crippen molar-refractivity contribution >= 4 is 44.8 Å². The molecule has 34 heavy (non-hydrogen) atoms. The molecule has 1 fully saturated rings. The Morgan fingerprint density at radius 3 is 2.71 bits per heavy atom. The minimum atomic E-state index is -0.855. The largest absolute Gasteiger partial charge is 0.481 e. The summed E-state index contributed by atoms with van der Waals surface area (Å²) in [4.78, 5) is 24.6. The Morgan fingerprint density at radius 2 is 2.00 bits per heavy atom. The molecule has 0 aliphatic heterocycles. The van der Waals surface area contributed by atoms with Crippen LogP contribution in [0.25, 0.3) is 10.1 Å². The topological polar surface area (TPSA) is 94.8 Å². The summed E-state index contributed by atoms with van der Waals surface area (Å²) in [6.07, 6.45) is 8.68. The minimum Gasteiger partial charge on any atom is -0.481 e. The predicted octanol–water partition coefficient (Wildman–Crippen LogP) is 5.81. The van der Waals surface area contributed by atoms with E-state index in [-0.39, 0.29) is 24.0 Å². The van der Waals surface area contributed by atoms with Crippen molar-refractivity contribution < 1.29 is 24.9 Å². The molecule has 1 aliphatic rings. The van der Waals surface area contributed by atoms with Gasteiger partial charge < -0.3 is 15.3 Å². The lowest BCUT2D eigenvalue weighted by atomic mass is 9.86. The van der Waals surface area contributed by atoms with Crippen molar-refractivity contribution in [3.05, 3.63) is 58.5 Å². The van der Waals surface area contributed by atoms with Crippen LogP contribution in [-0.4, -0.2) is 39.3 Å². The first kappa shape index (κ1) is 26.6. The molecule has 0 bridgehead atoms. The molecule has 3 N–H and O–H groups in total. The quantitative estimate of drug-likeness (QED) is 0.265. The Bertz CT molecular complexity index is 1070. The Morgan fingerprint density at radius 1 is 1.26 bits per heavy atom. The third-order valence-electron chi connectivity index (χ3n) is 6.68. The van der Waals surface area contributed by atoms with Crippen LogP contribution in [0.4, 0.5) is 0 Å². The molecule has 7 heteroatoms. The smallest absolute Gasteiger partial charge is 0.303 e. The molecule has 1 heterocycles. The first-order chi connectivity index (χ1) is 16.1. The summed E-state index contributed by atoms with van der Waals surface area (Å²) in [6, 6.07) is 7.97. The highest BCUT2D eigenvalue weighted by Gasteiger charge is 2.52. The Hall–Kier alpha value is -1.99. The van der Waals surface area contributed by atoms with Gasteiger partial charge in [-0.2, -0.15) is 0 Å². The van der Waals surface area contributed by atoms with Gasteiger partial charge in [-0.1, -0.05) is 68.0 Å². The standard InChI is InChI=1S/C27H33ClO5S/c1-27(2)25(32)18(9-5-3-4-6-12-23(30)31)19(26(27)33)15-13-17(29)14-16-22-24(28)20-10-7-8-11-21(20)34-22/h3,5,7-8,10-11,13,15,17-19,26,29,33H,4,6,9,12,14,16H2,1-2H3,(H,30,31)/b5-3-,15-13+/t17?,18-,19?,26+/m1/s1. The first-order valence-corrected chi connectivity index (χ1v) is 12.9. The fraction of sp³-hybridized carbons (Fsp3) is 0.481. The van der Waals surface area contributed by atoms with Gasteiger partial charge in [0.25, 0.3) is 0 Å². The maximum atomic E-state index is 13.0. The number of aryl methyl sites for hydroxylation is 1. The van der Waals surface area contributed by atoms with E-state index in [1.807, 2.05) is 36.4 Å². The fourth-order valence-corrected chi connectivity index (χ4v) is 6.13. The zero-order chi connectivity index (χ0) is 24.9. The number of hydrogen-bond donors (Lipinski definition) is 3. The van der Waals surface area contributed by atoms with Crippen LogP contribution in [0.3, 0.4) is 0 Å². The van der Waals surface area contributed by atoms with Crippen molar-refractivity contribution in [3.8, 4) is 0 Å². The average molecular weight is 505 g/mol. The van der Waals surface area contributed by atoms with E-state index in [2.05, 4.69) is 0 Å². The van der Waals surface area contributed by atoms with Crippen LogP contribution >= 0.6 is 22.9 Å². The number of aliphatic carboxylic acids is 1. The summed E-state index contributed by atoms with van der Waals surface area (Å²) in [7, 11) is 0. The minimum absolute atomic E-state index is 0.0105. The zero-order valence-corrected chi connectivity index (χ0v) is 21.2. The van der Waals surface area contributed by atoms with Crippen molar-refractivity contribution in [2.45, 2.75) is 64.6 Å². The number of aliphatic hydroxyl groups is 2. The normalized spacial score (nSPS) is 23.4. The van der Waals surface area contributed by atoms with Crippen LogP contribution in [-0.2, 0) is 16.0 Å². The molecular formula is C27H33ClO5S. The van der Waals surface area contributed by atoms with Crippen molar-refractivity contribution in [3.63, 3.8) is 0 Å².